The first-order chi connectivity index (χ1) is 14.7. The van der Waals surface area contributed by atoms with Crippen molar-refractivity contribution in [3.63, 3.8) is 0 Å². The molecule has 1 aliphatic heterocycles. The van der Waals surface area contributed by atoms with Crippen molar-refractivity contribution in [2.45, 2.75) is 17.9 Å². The molecule has 1 aliphatic rings. The molecule has 1 atom stereocenters. The van der Waals surface area contributed by atoms with Crippen LogP contribution < -0.4 is 5.32 Å². The van der Waals surface area contributed by atoms with Crippen LogP contribution in [0.1, 0.15) is 28.9 Å². The molecule has 0 unspecified atom stereocenters. The van der Waals surface area contributed by atoms with Crippen molar-refractivity contribution in [1.82, 2.24) is 9.55 Å². The molecule has 0 bridgehead atoms. The van der Waals surface area contributed by atoms with Gasteiger partial charge in [-0.2, -0.15) is 0 Å². The Labute approximate surface area is 179 Å². The van der Waals surface area contributed by atoms with E-state index in [1.807, 2.05) is 55.5 Å². The molecule has 4 aromatic rings. The molecule has 0 spiro atoms. The van der Waals surface area contributed by atoms with E-state index in [4.69, 9.17) is 4.98 Å². The minimum atomic E-state index is -0.253. The summed E-state index contributed by atoms with van der Waals surface area (Å²) in [6, 6.07) is 25.7. The normalized spacial score (nSPS) is 15.7. The molecule has 0 radical (unpaired) electrons. The van der Waals surface area contributed by atoms with E-state index in [0.29, 0.717) is 5.56 Å². The van der Waals surface area contributed by atoms with Crippen LogP contribution in [0.25, 0.3) is 11.0 Å². The van der Waals surface area contributed by atoms with Gasteiger partial charge in [0.15, 0.2) is 5.78 Å². The van der Waals surface area contributed by atoms with E-state index in [1.54, 1.807) is 11.8 Å². The number of carbonyl (C=O) groups is 1. The number of imidazole rings is 1. The zero-order chi connectivity index (χ0) is 20.7. The Hall–Kier alpha value is -3.31. The maximum absolute atomic E-state index is 13.6. The third-order valence-corrected chi connectivity index (χ3v) is 6.29. The number of anilines is 1. The molecular weight excluding hydrogens is 390 g/mol. The van der Waals surface area contributed by atoms with E-state index in [0.717, 1.165) is 33.8 Å². The lowest BCUT2D eigenvalue weighted by Crippen LogP contribution is -2.28. The SMILES string of the molecule is CSc1ccc([C@@H]2C(C(=O)c3ccccc3)=C(C)Nc3nc4ccccc4n32)cc1. The molecule has 1 aromatic heterocycles. The van der Waals surface area contributed by atoms with Gasteiger partial charge in [-0.25, -0.2) is 4.98 Å². The summed E-state index contributed by atoms with van der Waals surface area (Å²) in [7, 11) is 0. The zero-order valence-electron chi connectivity index (χ0n) is 16.8. The van der Waals surface area contributed by atoms with Crippen LogP contribution in [0.3, 0.4) is 0 Å². The predicted octanol–water partition coefficient (Wildman–Crippen LogP) is 5.93. The Balaban J connectivity index is 1.74. The first-order valence-corrected chi connectivity index (χ1v) is 11.1. The van der Waals surface area contributed by atoms with Crippen LogP contribution in [0.5, 0.6) is 0 Å². The fourth-order valence-electron chi connectivity index (χ4n) is 4.10. The highest BCUT2D eigenvalue weighted by atomic mass is 32.2. The molecule has 3 aromatic carbocycles. The summed E-state index contributed by atoms with van der Waals surface area (Å²) < 4.78 is 2.15. The van der Waals surface area contributed by atoms with Crippen LogP contribution in [0.4, 0.5) is 5.95 Å². The molecule has 0 saturated heterocycles. The summed E-state index contributed by atoms with van der Waals surface area (Å²) in [6.45, 7) is 1.96. The van der Waals surface area contributed by atoms with Crippen LogP contribution in [0.2, 0.25) is 0 Å². The van der Waals surface area contributed by atoms with Crippen molar-refractivity contribution >= 4 is 34.5 Å². The zero-order valence-corrected chi connectivity index (χ0v) is 17.6. The van der Waals surface area contributed by atoms with Gasteiger partial charge in [-0.05, 0) is 43.0 Å². The van der Waals surface area contributed by atoms with Gasteiger partial charge in [0, 0.05) is 21.7 Å². The number of thioether (sulfide) groups is 1. The van der Waals surface area contributed by atoms with E-state index >= 15 is 0 Å². The number of aromatic nitrogens is 2. The highest BCUT2D eigenvalue weighted by Gasteiger charge is 2.34. The van der Waals surface area contributed by atoms with Gasteiger partial charge in [0.25, 0.3) is 0 Å². The van der Waals surface area contributed by atoms with Crippen LogP contribution in [0.15, 0.2) is 95.0 Å². The van der Waals surface area contributed by atoms with E-state index < -0.39 is 0 Å². The van der Waals surface area contributed by atoms with E-state index in [2.05, 4.69) is 46.5 Å². The second-order valence-electron chi connectivity index (χ2n) is 7.33. The highest BCUT2D eigenvalue weighted by Crippen LogP contribution is 2.40. The van der Waals surface area contributed by atoms with E-state index in [9.17, 15) is 4.79 Å². The number of nitrogens with zero attached hydrogens (tertiary/aromatic N) is 2. The Kier molecular flexibility index (Phi) is 4.68. The van der Waals surface area contributed by atoms with Crippen molar-refractivity contribution < 1.29 is 4.79 Å². The number of hydrogen-bond acceptors (Lipinski definition) is 4. The lowest BCUT2D eigenvalue weighted by Gasteiger charge is -2.31. The number of benzene rings is 3. The number of carbonyl (C=O) groups excluding carboxylic acids is 1. The van der Waals surface area contributed by atoms with Crippen molar-refractivity contribution in [2.75, 3.05) is 11.6 Å². The first kappa shape index (κ1) is 18.7. The largest absolute Gasteiger partial charge is 0.329 e. The summed E-state index contributed by atoms with van der Waals surface area (Å²) in [5, 5.41) is 3.38. The quantitative estimate of drug-likeness (QED) is 0.334. The summed E-state index contributed by atoms with van der Waals surface area (Å²) >= 11 is 1.71. The van der Waals surface area contributed by atoms with Gasteiger partial charge in [0.2, 0.25) is 5.95 Å². The number of para-hydroxylation sites is 2. The topological polar surface area (TPSA) is 46.9 Å². The lowest BCUT2D eigenvalue weighted by atomic mass is 9.89. The van der Waals surface area contributed by atoms with Gasteiger partial charge < -0.3 is 5.32 Å². The Morgan fingerprint density at radius 2 is 1.67 bits per heavy atom. The summed E-state index contributed by atoms with van der Waals surface area (Å²) in [4.78, 5) is 19.6. The Bertz CT molecular complexity index is 1270. The monoisotopic (exact) mass is 411 g/mol. The third kappa shape index (κ3) is 3.02. The smallest absolute Gasteiger partial charge is 0.209 e. The summed E-state index contributed by atoms with van der Waals surface area (Å²) in [5.41, 5.74) is 5.25. The predicted molar refractivity (Wildman–Crippen MR) is 123 cm³/mol. The molecule has 148 valence electrons. The Morgan fingerprint density at radius 3 is 2.40 bits per heavy atom. The number of ketones is 1. The molecule has 5 rings (SSSR count). The molecule has 0 aliphatic carbocycles. The van der Waals surface area contributed by atoms with Gasteiger partial charge in [0.05, 0.1) is 17.1 Å². The number of nitrogens with one attached hydrogen (secondary N) is 1. The second kappa shape index (κ2) is 7.50. The lowest BCUT2D eigenvalue weighted by molar-refractivity contribution is 0.102. The maximum Gasteiger partial charge on any atom is 0.209 e. The van der Waals surface area contributed by atoms with Gasteiger partial charge in [-0.3, -0.25) is 9.36 Å². The molecule has 0 fully saturated rings. The second-order valence-corrected chi connectivity index (χ2v) is 8.21. The Morgan fingerprint density at radius 1 is 0.967 bits per heavy atom. The number of allylic oxidation sites excluding steroid dienone is 2. The van der Waals surface area contributed by atoms with Gasteiger partial charge in [-0.1, -0.05) is 54.6 Å². The minimum absolute atomic E-state index is 0.0305. The fraction of sp³-hybridized carbons (Fsp3) is 0.120. The average Bonchev–Trinajstić information content (AvgIpc) is 3.16. The van der Waals surface area contributed by atoms with Crippen LogP contribution in [-0.2, 0) is 0 Å². The fourth-order valence-corrected chi connectivity index (χ4v) is 4.51. The molecule has 4 nitrogen and oxygen atoms in total. The standard InChI is InChI=1S/C25H21N3OS/c1-16-22(24(29)18-8-4-3-5-9-18)23(17-12-14-19(30-2)15-13-17)28-21-11-7-6-10-20(21)27-25(28)26-16/h3-15,23H,1-2H3,(H,26,27)/t23-/m1/s1. The van der Waals surface area contributed by atoms with Crippen LogP contribution >= 0.6 is 11.8 Å². The molecule has 30 heavy (non-hydrogen) atoms. The third-order valence-electron chi connectivity index (χ3n) is 5.54. The van der Waals surface area contributed by atoms with Crippen LogP contribution in [0, 0.1) is 0 Å². The van der Waals surface area contributed by atoms with E-state index in [-0.39, 0.29) is 11.8 Å². The molecule has 2 heterocycles. The van der Waals surface area contributed by atoms with Gasteiger partial charge >= 0.3 is 0 Å². The summed E-state index contributed by atoms with van der Waals surface area (Å²) in [6.07, 6.45) is 2.06. The molecule has 0 amide bonds. The number of fused-ring (bicyclic) bond motifs is 3. The molecular formula is C25H21N3OS. The average molecular weight is 412 g/mol. The summed E-state index contributed by atoms with van der Waals surface area (Å²) in [5.74, 6) is 0.792. The van der Waals surface area contributed by atoms with Gasteiger partial charge in [-0.15, -0.1) is 11.8 Å². The maximum atomic E-state index is 13.6. The van der Waals surface area contributed by atoms with Crippen LogP contribution in [-0.4, -0.2) is 21.6 Å². The minimum Gasteiger partial charge on any atom is -0.329 e. The number of rotatable bonds is 4. The van der Waals surface area contributed by atoms with Crippen molar-refractivity contribution in [1.29, 1.82) is 0 Å². The van der Waals surface area contributed by atoms with Gasteiger partial charge in [0.1, 0.15) is 0 Å². The highest BCUT2D eigenvalue weighted by molar-refractivity contribution is 7.98. The first-order valence-electron chi connectivity index (χ1n) is 9.86. The van der Waals surface area contributed by atoms with Crippen molar-refractivity contribution in [3.05, 3.63) is 101 Å². The van der Waals surface area contributed by atoms with Crippen molar-refractivity contribution in [3.8, 4) is 0 Å². The van der Waals surface area contributed by atoms with E-state index in [1.165, 1.54) is 4.90 Å². The molecule has 0 saturated carbocycles. The number of Topliss-reactive ketones (excluding diaryl/α,β-unsaturated/α-hetero) is 1. The molecule has 1 N–H and O–H groups in total. The number of hydrogen-bond donors (Lipinski definition) is 1. The molecule has 5 heteroatoms. The van der Waals surface area contributed by atoms with Crippen molar-refractivity contribution in [2.24, 2.45) is 0 Å².